The third kappa shape index (κ3) is 4.95. The average Bonchev–Trinajstić information content (AvgIpc) is 3.29. The summed E-state index contributed by atoms with van der Waals surface area (Å²) in [6.45, 7) is 2.05. The van der Waals surface area contributed by atoms with E-state index >= 15 is 0 Å². The summed E-state index contributed by atoms with van der Waals surface area (Å²) in [6, 6.07) is 15.4. The molecule has 7 nitrogen and oxygen atoms in total. The van der Waals surface area contributed by atoms with E-state index in [0.717, 1.165) is 0 Å². The van der Waals surface area contributed by atoms with Crippen LogP contribution < -0.4 is 10.9 Å². The van der Waals surface area contributed by atoms with Crippen LogP contribution in [-0.2, 0) is 4.74 Å². The molecule has 164 valence electrons. The lowest BCUT2D eigenvalue weighted by Gasteiger charge is -2.04. The smallest absolute Gasteiger partial charge is 0.345 e. The van der Waals surface area contributed by atoms with Crippen LogP contribution in [0.5, 0.6) is 0 Å². The quantitative estimate of drug-likeness (QED) is 0.215. The number of halogens is 1. The average molecular weight is 478 g/mol. The summed E-state index contributed by atoms with van der Waals surface area (Å²) in [5, 5.41) is 15.9. The molecule has 0 amide bonds. The largest absolute Gasteiger partial charge is 0.462 e. The monoisotopic (exact) mass is 477 g/mol. The Morgan fingerprint density at radius 3 is 2.79 bits per heavy atom. The first-order valence-electron chi connectivity index (χ1n) is 9.82. The molecule has 2 aromatic carbocycles. The van der Waals surface area contributed by atoms with E-state index in [1.807, 2.05) is 0 Å². The number of nitrogens with one attached hydrogen (secondary N) is 1. The molecule has 0 atom stereocenters. The Bertz CT molecular complexity index is 1470. The second kappa shape index (κ2) is 9.69. The fraction of sp³-hybridized carbons (Fsp3) is 0.0833. The summed E-state index contributed by atoms with van der Waals surface area (Å²) in [7, 11) is 0. The number of carbonyl (C=O) groups excluding carboxylic acids is 1. The van der Waals surface area contributed by atoms with Crippen LogP contribution in [0.1, 0.15) is 22.3 Å². The lowest BCUT2D eigenvalue weighted by atomic mass is 10.1. The second-order valence-electron chi connectivity index (χ2n) is 6.78. The minimum Gasteiger partial charge on any atom is -0.462 e. The van der Waals surface area contributed by atoms with E-state index in [2.05, 4.69) is 16.4 Å². The molecule has 0 unspecified atom stereocenters. The molecular formula is C24H16ClN3O4S. The maximum absolute atomic E-state index is 12.4. The van der Waals surface area contributed by atoms with Crippen LogP contribution >= 0.6 is 22.9 Å². The molecule has 0 bridgehead atoms. The number of aromatic nitrogens is 1. The first-order valence-corrected chi connectivity index (χ1v) is 11.1. The summed E-state index contributed by atoms with van der Waals surface area (Å²) in [4.78, 5) is 28.6. The number of esters is 1. The van der Waals surface area contributed by atoms with Crippen LogP contribution in [-0.4, -0.2) is 17.6 Å². The van der Waals surface area contributed by atoms with Gasteiger partial charge in [-0.15, -0.1) is 11.3 Å². The Morgan fingerprint density at radius 2 is 2.06 bits per heavy atom. The molecule has 0 spiro atoms. The summed E-state index contributed by atoms with van der Waals surface area (Å²) in [5.74, 6) is -0.395. The van der Waals surface area contributed by atoms with E-state index in [1.165, 1.54) is 17.5 Å². The van der Waals surface area contributed by atoms with Gasteiger partial charge < -0.3 is 14.5 Å². The first kappa shape index (κ1) is 22.3. The SMILES string of the molecule is CCOC(=O)c1ccc(NC=C(C#N)c2nc(-c3cc4cc(Cl)ccc4oc3=O)cs2)cc1. The number of allylic oxidation sites excluding steroid dienone is 1. The highest BCUT2D eigenvalue weighted by atomic mass is 35.5. The van der Waals surface area contributed by atoms with Gasteiger partial charge in [-0.2, -0.15) is 5.26 Å². The van der Waals surface area contributed by atoms with Crippen molar-refractivity contribution in [2.24, 2.45) is 0 Å². The van der Waals surface area contributed by atoms with Crippen molar-refractivity contribution < 1.29 is 13.9 Å². The fourth-order valence-corrected chi connectivity index (χ4v) is 3.97. The number of benzene rings is 2. The Morgan fingerprint density at radius 1 is 1.27 bits per heavy atom. The number of hydrogen-bond acceptors (Lipinski definition) is 8. The van der Waals surface area contributed by atoms with Crippen LogP contribution in [0.2, 0.25) is 5.02 Å². The minimum absolute atomic E-state index is 0.284. The number of fused-ring (bicyclic) bond motifs is 1. The molecule has 0 fully saturated rings. The lowest BCUT2D eigenvalue weighted by Crippen LogP contribution is -2.04. The van der Waals surface area contributed by atoms with Gasteiger partial charge in [0.1, 0.15) is 22.2 Å². The zero-order chi connectivity index (χ0) is 23.4. The molecule has 0 aliphatic heterocycles. The molecule has 0 aliphatic carbocycles. The summed E-state index contributed by atoms with van der Waals surface area (Å²) in [6.07, 6.45) is 1.52. The number of ether oxygens (including phenoxy) is 1. The molecule has 0 radical (unpaired) electrons. The molecule has 1 N–H and O–H groups in total. The van der Waals surface area contributed by atoms with Gasteiger partial charge in [-0.1, -0.05) is 11.6 Å². The van der Waals surface area contributed by atoms with Crippen LogP contribution in [0, 0.1) is 11.3 Å². The summed E-state index contributed by atoms with van der Waals surface area (Å²) in [5.41, 5.74) is 2.00. The van der Waals surface area contributed by atoms with E-state index < -0.39 is 11.6 Å². The lowest BCUT2D eigenvalue weighted by molar-refractivity contribution is 0.0526. The summed E-state index contributed by atoms with van der Waals surface area (Å²) >= 11 is 7.27. The van der Waals surface area contributed by atoms with Crippen molar-refractivity contribution in [3.8, 4) is 17.3 Å². The molecule has 0 saturated carbocycles. The third-order valence-electron chi connectivity index (χ3n) is 4.60. The van der Waals surface area contributed by atoms with E-state index in [9.17, 15) is 14.9 Å². The molecule has 0 aliphatic rings. The minimum atomic E-state index is -0.524. The maximum atomic E-state index is 12.4. The molecule has 4 rings (SSSR count). The van der Waals surface area contributed by atoms with Crippen LogP contribution in [0.25, 0.3) is 27.8 Å². The Kier molecular flexibility index (Phi) is 6.54. The number of thiazole rings is 1. The van der Waals surface area contributed by atoms with Gasteiger partial charge in [-0.3, -0.25) is 0 Å². The van der Waals surface area contributed by atoms with Crippen molar-refractivity contribution >= 4 is 51.1 Å². The van der Waals surface area contributed by atoms with Crippen molar-refractivity contribution in [3.05, 3.63) is 86.1 Å². The number of carbonyl (C=O) groups is 1. The molecule has 9 heteroatoms. The Labute approximate surface area is 197 Å². The number of rotatable bonds is 6. The molecule has 4 aromatic rings. The van der Waals surface area contributed by atoms with E-state index in [0.29, 0.717) is 44.6 Å². The zero-order valence-electron chi connectivity index (χ0n) is 17.3. The van der Waals surface area contributed by atoms with Gasteiger partial charge in [-0.05, 0) is 55.5 Å². The van der Waals surface area contributed by atoms with Crippen LogP contribution in [0.15, 0.2) is 69.3 Å². The number of anilines is 1. The highest BCUT2D eigenvalue weighted by Crippen LogP contribution is 2.27. The topological polar surface area (TPSA) is 105 Å². The summed E-state index contributed by atoms with van der Waals surface area (Å²) < 4.78 is 10.3. The van der Waals surface area contributed by atoms with Crippen molar-refractivity contribution in [2.45, 2.75) is 6.92 Å². The van der Waals surface area contributed by atoms with Gasteiger partial charge in [0.2, 0.25) is 0 Å². The number of hydrogen-bond donors (Lipinski definition) is 1. The maximum Gasteiger partial charge on any atom is 0.345 e. The Hall–Kier alpha value is -3.93. The van der Waals surface area contributed by atoms with Crippen molar-refractivity contribution in [2.75, 3.05) is 11.9 Å². The molecule has 2 heterocycles. The molecule has 2 aromatic heterocycles. The normalized spacial score (nSPS) is 11.2. The van der Waals surface area contributed by atoms with Gasteiger partial charge in [0.25, 0.3) is 0 Å². The predicted molar refractivity (Wildman–Crippen MR) is 128 cm³/mol. The predicted octanol–water partition coefficient (Wildman–Crippen LogP) is 5.72. The standard InChI is InChI=1S/C24H16ClN3O4S/c1-2-31-23(29)14-3-6-18(7-4-14)27-12-16(11-26)22-28-20(13-33-22)19-10-15-9-17(25)5-8-21(15)32-24(19)30/h3-10,12-13,27H,2H2,1H3. The van der Waals surface area contributed by atoms with Gasteiger partial charge in [-0.25, -0.2) is 14.6 Å². The van der Waals surface area contributed by atoms with E-state index in [4.69, 9.17) is 20.8 Å². The number of nitriles is 1. The third-order valence-corrected chi connectivity index (χ3v) is 5.72. The zero-order valence-corrected chi connectivity index (χ0v) is 18.9. The molecule has 33 heavy (non-hydrogen) atoms. The first-order chi connectivity index (χ1) is 16.0. The molecule has 0 saturated heterocycles. The number of nitrogens with zero attached hydrogens (tertiary/aromatic N) is 2. The highest BCUT2D eigenvalue weighted by molar-refractivity contribution is 7.11. The second-order valence-corrected chi connectivity index (χ2v) is 8.07. The van der Waals surface area contributed by atoms with Crippen LogP contribution in [0.3, 0.4) is 0 Å². The Balaban J connectivity index is 1.57. The van der Waals surface area contributed by atoms with Gasteiger partial charge in [0.15, 0.2) is 0 Å². The van der Waals surface area contributed by atoms with Crippen molar-refractivity contribution in [3.63, 3.8) is 0 Å². The van der Waals surface area contributed by atoms with Gasteiger partial charge in [0.05, 0.1) is 23.4 Å². The highest BCUT2D eigenvalue weighted by Gasteiger charge is 2.14. The van der Waals surface area contributed by atoms with Gasteiger partial charge >= 0.3 is 11.6 Å². The van der Waals surface area contributed by atoms with E-state index in [1.54, 1.807) is 60.8 Å². The van der Waals surface area contributed by atoms with Gasteiger partial charge in [0, 0.05) is 27.7 Å². The van der Waals surface area contributed by atoms with Crippen molar-refractivity contribution in [1.29, 1.82) is 5.26 Å². The van der Waals surface area contributed by atoms with Crippen LogP contribution in [0.4, 0.5) is 5.69 Å². The fourth-order valence-electron chi connectivity index (χ4n) is 3.01. The van der Waals surface area contributed by atoms with E-state index in [-0.39, 0.29) is 11.1 Å². The molecular weight excluding hydrogens is 462 g/mol. The van der Waals surface area contributed by atoms with Crippen molar-refractivity contribution in [1.82, 2.24) is 4.98 Å².